The summed E-state index contributed by atoms with van der Waals surface area (Å²) in [6.45, 7) is 3.37. The highest BCUT2D eigenvalue weighted by Gasteiger charge is 2.64. The van der Waals surface area contributed by atoms with Gasteiger partial charge in [0.25, 0.3) is 0 Å². The van der Waals surface area contributed by atoms with E-state index >= 15 is 0 Å². The van der Waals surface area contributed by atoms with Gasteiger partial charge in [-0.1, -0.05) is 26.0 Å². The van der Waals surface area contributed by atoms with Crippen LogP contribution in [0.4, 0.5) is 18.9 Å². The van der Waals surface area contributed by atoms with Crippen LogP contribution in [0.3, 0.4) is 0 Å². The van der Waals surface area contributed by atoms with Crippen molar-refractivity contribution in [2.45, 2.75) is 43.5 Å². The molecule has 1 aromatic heterocycles. The van der Waals surface area contributed by atoms with E-state index < -0.39 is 29.7 Å². The van der Waals surface area contributed by atoms with Crippen molar-refractivity contribution >= 4 is 16.6 Å². The molecule has 3 N–H and O–H groups in total. The lowest BCUT2D eigenvalue weighted by molar-refractivity contribution is -0.275. The maximum absolute atomic E-state index is 14.3. The average Bonchev–Trinajstić information content (AvgIpc) is 3.32. The van der Waals surface area contributed by atoms with Crippen LogP contribution in [0.15, 0.2) is 36.5 Å². The van der Waals surface area contributed by atoms with Crippen molar-refractivity contribution in [3.63, 3.8) is 0 Å². The first kappa shape index (κ1) is 19.0. The highest BCUT2D eigenvalue weighted by Crippen LogP contribution is 2.58. The average molecular weight is 419 g/mol. The van der Waals surface area contributed by atoms with Crippen molar-refractivity contribution in [3.8, 4) is 11.5 Å². The van der Waals surface area contributed by atoms with Gasteiger partial charge in [0.2, 0.25) is 6.79 Å². The van der Waals surface area contributed by atoms with Gasteiger partial charge in [0.15, 0.2) is 17.1 Å². The predicted molar refractivity (Wildman–Crippen MR) is 104 cm³/mol. The zero-order chi connectivity index (χ0) is 21.3. The normalized spacial score (nSPS) is 24.7. The van der Waals surface area contributed by atoms with E-state index in [0.717, 1.165) is 0 Å². The van der Waals surface area contributed by atoms with Crippen LogP contribution in [0.1, 0.15) is 37.4 Å². The number of aliphatic hydroxyl groups is 1. The van der Waals surface area contributed by atoms with Gasteiger partial charge < -0.3 is 19.9 Å². The molecule has 0 saturated heterocycles. The molecule has 2 atom stereocenters. The Balaban J connectivity index is 1.73. The molecule has 0 saturated carbocycles. The Labute approximate surface area is 170 Å². The minimum Gasteiger partial charge on any atom is -0.454 e. The number of hydrogen-bond acceptors (Lipinski definition) is 5. The Kier molecular flexibility index (Phi) is 3.83. The summed E-state index contributed by atoms with van der Waals surface area (Å²) in [5.74, 6) is 0.935. The molecule has 2 aromatic carbocycles. The number of benzene rings is 2. The lowest BCUT2D eigenvalue weighted by atomic mass is 9.63. The first-order valence-electron chi connectivity index (χ1n) is 9.52. The highest BCUT2D eigenvalue weighted by molar-refractivity contribution is 5.91. The van der Waals surface area contributed by atoms with Crippen LogP contribution in [0.25, 0.3) is 10.9 Å². The van der Waals surface area contributed by atoms with Crippen molar-refractivity contribution in [3.05, 3.63) is 47.7 Å². The number of anilines is 1. The molecule has 5 rings (SSSR count). The minimum atomic E-state index is -4.86. The number of halogens is 3. The first-order chi connectivity index (χ1) is 14.1. The third kappa shape index (κ3) is 2.57. The molecule has 2 unspecified atom stereocenters. The van der Waals surface area contributed by atoms with Crippen LogP contribution >= 0.6 is 0 Å². The van der Waals surface area contributed by atoms with Crippen molar-refractivity contribution in [2.24, 2.45) is 0 Å². The van der Waals surface area contributed by atoms with Gasteiger partial charge in [-0.25, -0.2) is 0 Å². The summed E-state index contributed by atoms with van der Waals surface area (Å²) in [4.78, 5) is 0. The van der Waals surface area contributed by atoms with E-state index in [9.17, 15) is 18.3 Å². The summed E-state index contributed by atoms with van der Waals surface area (Å²) in [5, 5.41) is 21.5. The van der Waals surface area contributed by atoms with Crippen LogP contribution in [0.2, 0.25) is 0 Å². The summed E-state index contributed by atoms with van der Waals surface area (Å²) >= 11 is 0. The Morgan fingerprint density at radius 3 is 2.77 bits per heavy atom. The molecule has 9 heteroatoms. The smallest absolute Gasteiger partial charge is 0.419 e. The maximum atomic E-state index is 14.3. The second kappa shape index (κ2) is 6.04. The highest BCUT2D eigenvalue weighted by atomic mass is 19.4. The molecule has 1 aliphatic carbocycles. The molecule has 2 heterocycles. The van der Waals surface area contributed by atoms with Gasteiger partial charge in [-0.15, -0.1) is 0 Å². The van der Waals surface area contributed by atoms with Crippen LogP contribution in [0.5, 0.6) is 11.5 Å². The van der Waals surface area contributed by atoms with Gasteiger partial charge in [-0.3, -0.25) is 5.10 Å². The van der Waals surface area contributed by atoms with Gasteiger partial charge in [-0.2, -0.15) is 18.3 Å². The van der Waals surface area contributed by atoms with Gasteiger partial charge in [0, 0.05) is 16.6 Å². The van der Waals surface area contributed by atoms with Crippen molar-refractivity contribution in [1.29, 1.82) is 0 Å². The zero-order valence-electron chi connectivity index (χ0n) is 16.3. The fraction of sp³-hybridized carbons (Fsp3) is 0.381. The van der Waals surface area contributed by atoms with Crippen molar-refractivity contribution < 1.29 is 27.8 Å². The van der Waals surface area contributed by atoms with Gasteiger partial charge >= 0.3 is 6.18 Å². The summed E-state index contributed by atoms with van der Waals surface area (Å²) in [6, 6.07) is 6.87. The van der Waals surface area contributed by atoms with E-state index in [1.807, 2.05) is 0 Å². The Morgan fingerprint density at radius 1 is 1.20 bits per heavy atom. The maximum Gasteiger partial charge on any atom is 0.419 e. The summed E-state index contributed by atoms with van der Waals surface area (Å²) in [7, 11) is 0. The SMILES string of the molecule is CC1(C)CC(O)(C(F)(F)F)C(Nc2cccc3[nH]ncc23)c2ccc3c(c21)OCO3. The van der Waals surface area contributed by atoms with E-state index in [2.05, 4.69) is 15.5 Å². The third-order valence-electron chi connectivity index (χ3n) is 6.02. The van der Waals surface area contributed by atoms with Crippen molar-refractivity contribution in [1.82, 2.24) is 10.2 Å². The minimum absolute atomic E-state index is 0.0117. The van der Waals surface area contributed by atoms with E-state index in [1.165, 1.54) is 6.20 Å². The first-order valence-corrected chi connectivity index (χ1v) is 9.52. The molecule has 0 fully saturated rings. The van der Waals surface area contributed by atoms with E-state index in [0.29, 0.717) is 39.2 Å². The number of rotatable bonds is 2. The quantitative estimate of drug-likeness (QED) is 0.573. The molecule has 0 spiro atoms. The Hall–Kier alpha value is -2.94. The number of fused-ring (bicyclic) bond motifs is 4. The molecule has 0 bridgehead atoms. The topological polar surface area (TPSA) is 79.4 Å². The van der Waals surface area contributed by atoms with Gasteiger partial charge in [0.1, 0.15) is 0 Å². The summed E-state index contributed by atoms with van der Waals surface area (Å²) in [5.41, 5.74) is -1.93. The standard InChI is InChI=1S/C21H20F3N3O3/c1-19(2)9-20(28,21(22,23)24)18(11-6-7-15-17(16(11)19)30-10-29-15)26-13-4-3-5-14-12(13)8-25-27-14/h3-8,18,26,28H,9-10H2,1-2H3,(H,25,27). The zero-order valence-corrected chi connectivity index (χ0v) is 16.3. The number of nitrogens with zero attached hydrogens (tertiary/aromatic N) is 1. The van der Waals surface area contributed by atoms with Crippen LogP contribution in [0, 0.1) is 0 Å². The monoisotopic (exact) mass is 419 g/mol. The number of nitrogens with one attached hydrogen (secondary N) is 2. The summed E-state index contributed by atoms with van der Waals surface area (Å²) < 4.78 is 53.9. The van der Waals surface area contributed by atoms with E-state index in [-0.39, 0.29) is 6.79 Å². The molecular formula is C21H20F3N3O3. The number of ether oxygens (including phenoxy) is 2. The molecule has 3 aromatic rings. The van der Waals surface area contributed by atoms with E-state index in [4.69, 9.17) is 9.47 Å². The van der Waals surface area contributed by atoms with Gasteiger partial charge in [-0.05, 0) is 35.6 Å². The van der Waals surface area contributed by atoms with E-state index in [1.54, 1.807) is 44.2 Å². The molecule has 30 heavy (non-hydrogen) atoms. The second-order valence-corrected chi connectivity index (χ2v) is 8.46. The second-order valence-electron chi connectivity index (χ2n) is 8.46. The Morgan fingerprint density at radius 2 is 2.00 bits per heavy atom. The van der Waals surface area contributed by atoms with Crippen LogP contribution in [-0.2, 0) is 5.41 Å². The Bertz CT molecular complexity index is 1140. The number of aromatic nitrogens is 2. The number of alkyl halides is 3. The van der Waals surface area contributed by atoms with Crippen LogP contribution in [-0.4, -0.2) is 33.9 Å². The fourth-order valence-electron chi connectivity index (χ4n) is 4.76. The summed E-state index contributed by atoms with van der Waals surface area (Å²) in [6.07, 6.45) is -3.85. The molecule has 6 nitrogen and oxygen atoms in total. The lowest BCUT2D eigenvalue weighted by Gasteiger charge is -2.49. The number of aromatic amines is 1. The molecule has 0 amide bonds. The molecule has 0 radical (unpaired) electrons. The molecular weight excluding hydrogens is 399 g/mol. The number of hydrogen-bond donors (Lipinski definition) is 3. The van der Waals surface area contributed by atoms with Gasteiger partial charge in [0.05, 0.1) is 17.8 Å². The number of H-pyrrole nitrogens is 1. The van der Waals surface area contributed by atoms with Crippen LogP contribution < -0.4 is 14.8 Å². The third-order valence-corrected chi connectivity index (χ3v) is 6.02. The molecule has 1 aliphatic heterocycles. The molecule has 158 valence electrons. The largest absolute Gasteiger partial charge is 0.454 e. The lowest BCUT2D eigenvalue weighted by Crippen LogP contribution is -2.58. The van der Waals surface area contributed by atoms with Crippen molar-refractivity contribution in [2.75, 3.05) is 12.1 Å². The molecule has 2 aliphatic rings. The fourth-order valence-corrected chi connectivity index (χ4v) is 4.76. The predicted octanol–water partition coefficient (Wildman–Crippen LogP) is 4.42.